The molecule has 24 aromatic carbocycles. The van der Waals surface area contributed by atoms with Gasteiger partial charge in [-0.05, 0) is 284 Å². The van der Waals surface area contributed by atoms with E-state index in [2.05, 4.69) is 535 Å². The molecule has 0 aliphatic carbocycles. The first-order valence-electron chi connectivity index (χ1n) is 47.2. The molecular formula is C136H118. The van der Waals surface area contributed by atoms with Crippen molar-refractivity contribution >= 4 is 154 Å². The van der Waals surface area contributed by atoms with Gasteiger partial charge >= 0.3 is 0 Å². The molecule has 0 fully saturated rings. The van der Waals surface area contributed by atoms with E-state index in [-0.39, 0.29) is 0 Å². The number of hydrogen-bond acceptors (Lipinski definition) is 0. The molecule has 0 aliphatic rings. The third-order valence-electron chi connectivity index (χ3n) is 24.6. The van der Waals surface area contributed by atoms with E-state index in [4.69, 9.17) is 0 Å². The SMILES string of the molecule is C/C=C/c1ccccc1.C/C=C\c1ccccc1.Cc1c2ccccc2cc2ccccc12.Cc1ccc(-c2cccc3ccccc23)c2ccccc12.Cc1ccc(/C=C/c2ccccc2)cc1.Cc1ccc2c(ccc3ccccc32)c1.Cc1ccc2cc3ccccc3cc2c1.Cc1ccc2ccccc2c1.Cc1cccc2cc3ccccc3cc12.Cc1cccc2ccccc12. The molecule has 0 heteroatoms. The Bertz CT molecular complexity index is 8000. The Labute approximate surface area is 804 Å². The second-order valence-electron chi connectivity index (χ2n) is 34.6. The average Bonchev–Trinajstić information content (AvgIpc) is 0.783. The highest BCUT2D eigenvalue weighted by atomic mass is 14.1. The molecule has 0 amide bonds. The lowest BCUT2D eigenvalue weighted by Crippen LogP contribution is -1.86. The molecule has 136 heavy (non-hydrogen) atoms. The van der Waals surface area contributed by atoms with Crippen LogP contribution in [0.5, 0.6) is 0 Å². The van der Waals surface area contributed by atoms with Crippen LogP contribution in [0.2, 0.25) is 0 Å². The Morgan fingerprint density at radius 3 is 0.941 bits per heavy atom. The summed E-state index contributed by atoms with van der Waals surface area (Å²) in [5.41, 5.74) is 18.3. The summed E-state index contributed by atoms with van der Waals surface area (Å²) >= 11 is 0. The van der Waals surface area contributed by atoms with E-state index in [1.165, 1.54) is 207 Å². The minimum atomic E-state index is 1.23. The van der Waals surface area contributed by atoms with Crippen molar-refractivity contribution in [3.05, 3.63) is 576 Å². The lowest BCUT2D eigenvalue weighted by atomic mass is 9.92. The van der Waals surface area contributed by atoms with E-state index in [1.807, 2.05) is 68.5 Å². The van der Waals surface area contributed by atoms with Crippen LogP contribution in [0.3, 0.4) is 0 Å². The smallest absolute Gasteiger partial charge is 0.00990 e. The largest absolute Gasteiger partial charge is 0.0871 e. The predicted molar refractivity (Wildman–Crippen MR) is 603 cm³/mol. The van der Waals surface area contributed by atoms with Crippen molar-refractivity contribution in [3.8, 4) is 11.1 Å². The van der Waals surface area contributed by atoms with E-state index in [0.717, 1.165) is 0 Å². The van der Waals surface area contributed by atoms with Crippen LogP contribution in [0.1, 0.15) is 80.6 Å². The van der Waals surface area contributed by atoms with Crippen molar-refractivity contribution in [2.45, 2.75) is 69.2 Å². The van der Waals surface area contributed by atoms with Crippen LogP contribution >= 0.6 is 0 Å². The molecule has 0 heterocycles. The van der Waals surface area contributed by atoms with Gasteiger partial charge in [0, 0.05) is 0 Å². The minimum Gasteiger partial charge on any atom is -0.0871 e. The van der Waals surface area contributed by atoms with Crippen LogP contribution in [0.25, 0.3) is 165 Å². The number of hydrogen-bond donors (Lipinski definition) is 0. The monoisotopic (exact) mass is 1750 g/mol. The van der Waals surface area contributed by atoms with Crippen LogP contribution in [0, 0.1) is 55.4 Å². The van der Waals surface area contributed by atoms with E-state index in [1.54, 1.807) is 0 Å². The van der Waals surface area contributed by atoms with Gasteiger partial charge < -0.3 is 0 Å². The second-order valence-corrected chi connectivity index (χ2v) is 34.6. The van der Waals surface area contributed by atoms with Crippen LogP contribution in [0.4, 0.5) is 0 Å². The van der Waals surface area contributed by atoms with E-state index < -0.39 is 0 Å². The molecule has 0 radical (unpaired) electrons. The molecule has 0 spiro atoms. The lowest BCUT2D eigenvalue weighted by Gasteiger charge is -2.11. The van der Waals surface area contributed by atoms with E-state index >= 15 is 0 Å². The first kappa shape index (κ1) is 94.3. The second kappa shape index (κ2) is 47.6. The zero-order valence-electron chi connectivity index (χ0n) is 79.8. The fourth-order valence-corrected chi connectivity index (χ4v) is 17.3. The van der Waals surface area contributed by atoms with Crippen LogP contribution < -0.4 is 0 Å². The number of rotatable bonds is 5. The molecule has 0 saturated heterocycles. The van der Waals surface area contributed by atoms with Gasteiger partial charge in [0.25, 0.3) is 0 Å². The maximum absolute atomic E-state index is 2.28. The summed E-state index contributed by atoms with van der Waals surface area (Å²) in [7, 11) is 0. The van der Waals surface area contributed by atoms with Crippen molar-refractivity contribution in [1.82, 2.24) is 0 Å². The van der Waals surface area contributed by atoms with Crippen molar-refractivity contribution in [3.63, 3.8) is 0 Å². The maximum atomic E-state index is 2.28. The van der Waals surface area contributed by atoms with Crippen LogP contribution in [-0.2, 0) is 0 Å². The summed E-state index contributed by atoms with van der Waals surface area (Å²) in [5.74, 6) is 0. The molecule has 0 unspecified atom stereocenters. The van der Waals surface area contributed by atoms with Gasteiger partial charge in [-0.1, -0.05) is 526 Å². The third kappa shape index (κ3) is 25.5. The van der Waals surface area contributed by atoms with Gasteiger partial charge in [0.15, 0.2) is 0 Å². The summed E-state index contributed by atoms with van der Waals surface area (Å²) < 4.78 is 0. The molecule has 0 aliphatic heterocycles. The Kier molecular flexibility index (Phi) is 33.0. The Morgan fingerprint density at radius 1 is 0.132 bits per heavy atom. The highest BCUT2D eigenvalue weighted by Gasteiger charge is 2.10. The van der Waals surface area contributed by atoms with Crippen molar-refractivity contribution in [2.24, 2.45) is 0 Å². The van der Waals surface area contributed by atoms with Gasteiger partial charge in [-0.15, -0.1) is 0 Å². The molecule has 24 rings (SSSR count). The molecule has 0 N–H and O–H groups in total. The summed E-state index contributed by atoms with van der Waals surface area (Å²) in [5, 5.41) is 31.9. The minimum absolute atomic E-state index is 1.23. The van der Waals surface area contributed by atoms with Crippen molar-refractivity contribution in [2.75, 3.05) is 0 Å². The van der Waals surface area contributed by atoms with Crippen molar-refractivity contribution in [1.29, 1.82) is 0 Å². The first-order valence-corrected chi connectivity index (χ1v) is 47.2. The van der Waals surface area contributed by atoms with Gasteiger partial charge in [0.05, 0.1) is 0 Å². The molecule has 662 valence electrons. The van der Waals surface area contributed by atoms with Gasteiger partial charge in [-0.2, -0.15) is 0 Å². The van der Waals surface area contributed by atoms with E-state index in [9.17, 15) is 0 Å². The van der Waals surface area contributed by atoms with Gasteiger partial charge in [0.1, 0.15) is 0 Å². The van der Waals surface area contributed by atoms with Crippen molar-refractivity contribution < 1.29 is 0 Å². The summed E-state index contributed by atoms with van der Waals surface area (Å²) in [4.78, 5) is 0. The normalized spacial score (nSPS) is 10.8. The van der Waals surface area contributed by atoms with Gasteiger partial charge in [-0.25, -0.2) is 0 Å². The zero-order chi connectivity index (χ0) is 94.2. The lowest BCUT2D eigenvalue weighted by molar-refractivity contribution is 1.46. The molecule has 0 aromatic heterocycles. The summed E-state index contributed by atoms with van der Waals surface area (Å²) in [6.07, 6.45) is 12.5. The van der Waals surface area contributed by atoms with Gasteiger partial charge in [-0.3, -0.25) is 0 Å². The number of fused-ring (bicyclic) bond motifs is 13. The highest BCUT2D eigenvalue weighted by Crippen LogP contribution is 2.37. The Morgan fingerprint density at radius 2 is 0.412 bits per heavy atom. The van der Waals surface area contributed by atoms with Gasteiger partial charge in [0.2, 0.25) is 0 Å². The average molecular weight is 1750 g/mol. The number of aryl methyl sites for hydroxylation is 8. The predicted octanol–water partition coefficient (Wildman–Crippen LogP) is 39.1. The topological polar surface area (TPSA) is 0 Å². The fourth-order valence-electron chi connectivity index (χ4n) is 17.3. The molecule has 0 atom stereocenters. The Balaban J connectivity index is 0.000000116. The highest BCUT2D eigenvalue weighted by molar-refractivity contribution is 6.09. The molecule has 0 saturated carbocycles. The summed E-state index contributed by atoms with van der Waals surface area (Å²) in [6.45, 7) is 21.2. The first-order chi connectivity index (χ1) is 66.7. The number of allylic oxidation sites excluding steroid dienone is 2. The molecular weight excluding hydrogens is 1630 g/mol. The molecule has 0 bridgehead atoms. The maximum Gasteiger partial charge on any atom is -0.00990 e. The standard InChI is InChI=1S/C21H16.4C15H12.C15H14.2C11H10.2C9H10/c1-15-13-14-21(19-11-5-4-9-17(15)19)20-12-6-8-16-7-2-3-10-18(16)20;1-11-14-8-4-2-6-12(14)10-13-7-3-5-9-15(11)13;1-11-5-4-8-14-9-12-6-2-3-7-13(12)10-15(11)14;1-11-6-9-15-13(10-11)8-7-12-4-2-3-5-14(12)15;1-11-6-7-14-9-12-4-2-3-5-13(12)10-15(14)8-11;1-13-7-9-15(10-8-13)12-11-14-5-3-2-4-6-14;1-9-5-4-7-10-6-2-3-8-11(9)10;1-9-6-7-10-4-2-3-5-11(10)8-9;2*1-2-6-9-7-4-3-5-8-9/h2-14H,1H3;4*2-10H,1H3;2-12H,1H3;2*2-8H,1H3;2*2-8H,1H3/b;;;;;12-11+;;;6-2+;6-2-. The van der Waals surface area contributed by atoms with E-state index in [0.29, 0.717) is 0 Å². The quantitative estimate of drug-likeness (QED) is 0.0915. The zero-order valence-corrected chi connectivity index (χ0v) is 79.8. The molecule has 24 aromatic rings. The summed E-state index contributed by atoms with van der Waals surface area (Å²) in [6, 6.07) is 175. The van der Waals surface area contributed by atoms with Crippen LogP contribution in [-0.4, -0.2) is 0 Å². The number of benzene rings is 24. The fraction of sp³-hybridized carbons (Fsp3) is 0.0735. The Hall–Kier alpha value is -16.4. The molecule has 0 nitrogen and oxygen atoms in total. The third-order valence-corrected chi connectivity index (χ3v) is 24.6. The van der Waals surface area contributed by atoms with Crippen LogP contribution in [0.15, 0.2) is 510 Å².